The average molecular weight is 456 g/mol. The highest BCUT2D eigenvalue weighted by molar-refractivity contribution is 7.13. The van der Waals surface area contributed by atoms with Crippen LogP contribution in [0.15, 0.2) is 48.5 Å². The van der Waals surface area contributed by atoms with Crippen molar-refractivity contribution in [3.05, 3.63) is 69.1 Å². The molecule has 2 heterocycles. The molecule has 4 rings (SSSR count). The lowest BCUT2D eigenvalue weighted by atomic mass is 9.99. The third-order valence-electron chi connectivity index (χ3n) is 5.20. The van der Waals surface area contributed by atoms with E-state index in [9.17, 15) is 9.59 Å². The van der Waals surface area contributed by atoms with Crippen molar-refractivity contribution in [1.29, 1.82) is 0 Å². The summed E-state index contributed by atoms with van der Waals surface area (Å²) in [4.78, 5) is 27.0. The number of nitrogens with one attached hydrogen (secondary N) is 2. The largest absolute Gasteiger partial charge is 0.324 e. The van der Waals surface area contributed by atoms with Crippen LogP contribution in [0, 0.1) is 6.92 Å². The van der Waals surface area contributed by atoms with Gasteiger partial charge in [-0.3, -0.25) is 4.79 Å². The Balaban J connectivity index is 1.40. The number of likely N-dealkylation sites (tertiary alicyclic amines) is 1. The lowest BCUT2D eigenvalue weighted by Gasteiger charge is -2.31. The molecule has 0 bridgehead atoms. The van der Waals surface area contributed by atoms with Crippen LogP contribution in [0.1, 0.15) is 39.1 Å². The zero-order chi connectivity index (χ0) is 21.8. The van der Waals surface area contributed by atoms with Crippen molar-refractivity contribution in [2.45, 2.75) is 25.7 Å². The number of halogens is 1. The summed E-state index contributed by atoms with van der Waals surface area (Å²) < 4.78 is 0. The van der Waals surface area contributed by atoms with Crippen LogP contribution in [-0.4, -0.2) is 40.1 Å². The van der Waals surface area contributed by atoms with Crippen molar-refractivity contribution < 1.29 is 9.59 Å². The first-order valence-electron chi connectivity index (χ1n) is 10.0. The second-order valence-electron chi connectivity index (χ2n) is 7.41. The Morgan fingerprint density at radius 2 is 1.81 bits per heavy atom. The van der Waals surface area contributed by atoms with Gasteiger partial charge in [0.25, 0.3) is 5.91 Å². The van der Waals surface area contributed by atoms with Gasteiger partial charge < -0.3 is 15.5 Å². The third kappa shape index (κ3) is 5.03. The highest BCUT2D eigenvalue weighted by atomic mass is 35.5. The van der Waals surface area contributed by atoms with Gasteiger partial charge in [0.05, 0.1) is 10.7 Å². The fourth-order valence-corrected chi connectivity index (χ4v) is 4.55. The molecule has 0 radical (unpaired) electrons. The summed E-state index contributed by atoms with van der Waals surface area (Å²) in [6.07, 6.45) is 1.74. The number of anilines is 2. The summed E-state index contributed by atoms with van der Waals surface area (Å²) in [5.74, 6) is -0.231. The Hall–Kier alpha value is -2.97. The molecule has 3 aromatic rings. The Morgan fingerprint density at radius 3 is 2.58 bits per heavy atom. The smallest absolute Gasteiger partial charge is 0.321 e. The van der Waals surface area contributed by atoms with E-state index >= 15 is 0 Å². The highest BCUT2D eigenvalue weighted by Crippen LogP contribution is 2.30. The minimum absolute atomic E-state index is 0.0447. The number of piperidine rings is 1. The second-order valence-corrected chi connectivity index (χ2v) is 8.83. The van der Waals surface area contributed by atoms with Crippen molar-refractivity contribution in [3.63, 3.8) is 0 Å². The summed E-state index contributed by atoms with van der Waals surface area (Å²) >= 11 is 7.42. The Morgan fingerprint density at radius 1 is 1.06 bits per heavy atom. The zero-order valence-corrected chi connectivity index (χ0v) is 18.5. The Kier molecular flexibility index (Phi) is 6.48. The number of benzene rings is 2. The van der Waals surface area contributed by atoms with Gasteiger partial charge in [-0.25, -0.2) is 4.79 Å². The number of carbonyl (C=O) groups excluding carboxylic acids is 2. The van der Waals surface area contributed by atoms with Gasteiger partial charge in [0.2, 0.25) is 5.01 Å². The molecule has 1 atom stereocenters. The molecule has 1 aliphatic rings. The van der Waals surface area contributed by atoms with E-state index in [0.717, 1.165) is 29.1 Å². The number of urea groups is 1. The van der Waals surface area contributed by atoms with Crippen LogP contribution in [0.4, 0.5) is 16.2 Å². The van der Waals surface area contributed by atoms with Gasteiger partial charge in [-0.1, -0.05) is 53.3 Å². The molecule has 0 saturated carbocycles. The van der Waals surface area contributed by atoms with Crippen molar-refractivity contribution in [2.75, 3.05) is 23.7 Å². The molecular weight excluding hydrogens is 434 g/mol. The van der Waals surface area contributed by atoms with Crippen molar-refractivity contribution in [3.8, 4) is 0 Å². The van der Waals surface area contributed by atoms with Crippen LogP contribution < -0.4 is 10.6 Å². The summed E-state index contributed by atoms with van der Waals surface area (Å²) in [5.41, 5.74) is 2.32. The Bertz CT molecular complexity index is 1100. The highest BCUT2D eigenvalue weighted by Gasteiger charge is 2.28. The SMILES string of the molecule is Cc1ccccc1NC(=O)c1nnc([C@@H]2CCCN(C(=O)Nc3ccccc3Cl)C2)s1. The molecule has 2 N–H and O–H groups in total. The van der Waals surface area contributed by atoms with Crippen LogP contribution in [0.2, 0.25) is 5.02 Å². The van der Waals surface area contributed by atoms with E-state index in [2.05, 4.69) is 20.8 Å². The fourth-order valence-electron chi connectivity index (χ4n) is 3.50. The van der Waals surface area contributed by atoms with Crippen molar-refractivity contribution >= 4 is 46.3 Å². The average Bonchev–Trinajstić information content (AvgIpc) is 3.28. The van der Waals surface area contributed by atoms with Crippen LogP contribution in [0.25, 0.3) is 0 Å². The van der Waals surface area contributed by atoms with Crippen LogP contribution in [0.5, 0.6) is 0 Å². The number of rotatable bonds is 4. The molecule has 0 aliphatic carbocycles. The number of carbonyl (C=O) groups is 2. The zero-order valence-electron chi connectivity index (χ0n) is 17.0. The predicted molar refractivity (Wildman–Crippen MR) is 123 cm³/mol. The van der Waals surface area contributed by atoms with Crippen LogP contribution in [0.3, 0.4) is 0 Å². The standard InChI is InChI=1S/C22H22ClN5O2S/c1-14-7-2-4-10-17(14)24-19(29)21-27-26-20(31-21)15-8-6-12-28(13-15)22(30)25-18-11-5-3-9-16(18)23/h2-5,7,9-11,15H,6,8,12-13H2,1H3,(H,24,29)(H,25,30)/t15-/m1/s1. The number of amides is 3. The maximum absolute atomic E-state index is 12.7. The van der Waals surface area contributed by atoms with E-state index in [1.54, 1.807) is 17.0 Å². The van der Waals surface area contributed by atoms with Crippen LogP contribution >= 0.6 is 22.9 Å². The normalized spacial score (nSPS) is 16.1. The lowest BCUT2D eigenvalue weighted by Crippen LogP contribution is -2.41. The van der Waals surface area contributed by atoms with Gasteiger partial charge in [0.15, 0.2) is 0 Å². The van der Waals surface area contributed by atoms with E-state index in [1.165, 1.54) is 11.3 Å². The van der Waals surface area contributed by atoms with Crippen LogP contribution in [-0.2, 0) is 0 Å². The molecule has 31 heavy (non-hydrogen) atoms. The maximum atomic E-state index is 12.7. The van der Waals surface area contributed by atoms with E-state index in [4.69, 9.17) is 11.6 Å². The Labute approximate surface area is 189 Å². The van der Waals surface area contributed by atoms with Gasteiger partial charge in [-0.2, -0.15) is 0 Å². The number of hydrogen-bond acceptors (Lipinski definition) is 5. The summed E-state index contributed by atoms with van der Waals surface area (Å²) in [6, 6.07) is 14.5. The number of nitrogens with zero attached hydrogens (tertiary/aromatic N) is 3. The van der Waals surface area contributed by atoms with Gasteiger partial charge in [-0.05, 0) is 43.5 Å². The third-order valence-corrected chi connectivity index (χ3v) is 6.62. The summed E-state index contributed by atoms with van der Waals surface area (Å²) in [5, 5.41) is 15.7. The van der Waals surface area contributed by atoms with Crippen molar-refractivity contribution in [1.82, 2.24) is 15.1 Å². The first-order valence-corrected chi connectivity index (χ1v) is 11.2. The molecule has 0 spiro atoms. The lowest BCUT2D eigenvalue weighted by molar-refractivity contribution is 0.102. The molecule has 1 saturated heterocycles. The number of para-hydroxylation sites is 2. The topological polar surface area (TPSA) is 87.2 Å². The number of aromatic nitrogens is 2. The minimum atomic E-state index is -0.276. The molecule has 1 aliphatic heterocycles. The van der Waals surface area contributed by atoms with E-state index in [1.807, 2.05) is 43.3 Å². The summed E-state index contributed by atoms with van der Waals surface area (Å²) in [6.45, 7) is 3.11. The van der Waals surface area contributed by atoms with E-state index in [-0.39, 0.29) is 17.9 Å². The monoisotopic (exact) mass is 455 g/mol. The predicted octanol–water partition coefficient (Wildman–Crippen LogP) is 5.16. The molecule has 2 aromatic carbocycles. The van der Waals surface area contributed by atoms with Gasteiger partial charge in [0, 0.05) is 24.7 Å². The second kappa shape index (κ2) is 9.45. The molecule has 1 fully saturated rings. The number of hydrogen-bond donors (Lipinski definition) is 2. The van der Waals surface area contributed by atoms with E-state index in [0.29, 0.717) is 28.8 Å². The molecule has 3 amide bonds. The first kappa shape index (κ1) is 21.3. The fraction of sp³-hybridized carbons (Fsp3) is 0.273. The molecule has 7 nitrogen and oxygen atoms in total. The first-order chi connectivity index (χ1) is 15.0. The van der Waals surface area contributed by atoms with E-state index < -0.39 is 0 Å². The van der Waals surface area contributed by atoms with Gasteiger partial charge in [0.1, 0.15) is 5.01 Å². The summed E-state index contributed by atoms with van der Waals surface area (Å²) in [7, 11) is 0. The molecule has 1 aromatic heterocycles. The maximum Gasteiger partial charge on any atom is 0.321 e. The number of aryl methyl sites for hydroxylation is 1. The van der Waals surface area contributed by atoms with Gasteiger partial charge >= 0.3 is 6.03 Å². The minimum Gasteiger partial charge on any atom is -0.324 e. The molecular formula is C22H22ClN5O2S. The molecule has 160 valence electrons. The molecule has 0 unspecified atom stereocenters. The van der Waals surface area contributed by atoms with Crippen molar-refractivity contribution in [2.24, 2.45) is 0 Å². The molecule has 9 heteroatoms. The quantitative estimate of drug-likeness (QED) is 0.568. The van der Waals surface area contributed by atoms with Gasteiger partial charge in [-0.15, -0.1) is 10.2 Å².